The summed E-state index contributed by atoms with van der Waals surface area (Å²) >= 11 is 0. The van der Waals surface area contributed by atoms with E-state index in [1.807, 2.05) is 46.8 Å². The SMILES string of the molecule is Cc1cc(C)n2nc(CC(=O)Nc3ccc(N4CCN(C(=O)OC(C)(C)C)CC4)cn3)nc2n1. The van der Waals surface area contributed by atoms with Gasteiger partial charge in [0.25, 0.3) is 5.78 Å². The average molecular weight is 467 g/mol. The zero-order valence-electron chi connectivity index (χ0n) is 20.2. The highest BCUT2D eigenvalue weighted by atomic mass is 16.6. The number of ether oxygens (including phenoxy) is 1. The molecule has 0 spiro atoms. The van der Waals surface area contributed by atoms with Gasteiger partial charge in [0.05, 0.1) is 18.3 Å². The van der Waals surface area contributed by atoms with Crippen LogP contribution in [0.4, 0.5) is 16.3 Å². The number of carbonyl (C=O) groups is 2. The Morgan fingerprint density at radius 2 is 1.82 bits per heavy atom. The number of aromatic nitrogens is 5. The van der Waals surface area contributed by atoms with Gasteiger partial charge in [0.15, 0.2) is 5.82 Å². The predicted molar refractivity (Wildman–Crippen MR) is 127 cm³/mol. The van der Waals surface area contributed by atoms with E-state index < -0.39 is 5.60 Å². The first-order valence-electron chi connectivity index (χ1n) is 11.3. The van der Waals surface area contributed by atoms with E-state index in [9.17, 15) is 9.59 Å². The first-order valence-corrected chi connectivity index (χ1v) is 11.3. The Morgan fingerprint density at radius 1 is 1.09 bits per heavy atom. The first-order chi connectivity index (χ1) is 16.1. The first kappa shape index (κ1) is 23.4. The van der Waals surface area contributed by atoms with Crippen molar-refractivity contribution in [1.82, 2.24) is 29.5 Å². The van der Waals surface area contributed by atoms with Gasteiger partial charge in [-0.1, -0.05) is 0 Å². The molecule has 2 amide bonds. The van der Waals surface area contributed by atoms with E-state index in [0.29, 0.717) is 43.6 Å². The van der Waals surface area contributed by atoms with Crippen LogP contribution in [0.15, 0.2) is 24.4 Å². The molecule has 1 saturated heterocycles. The lowest BCUT2D eigenvalue weighted by atomic mass is 10.2. The minimum atomic E-state index is -0.505. The van der Waals surface area contributed by atoms with Gasteiger partial charge < -0.3 is 19.9 Å². The van der Waals surface area contributed by atoms with Crippen molar-refractivity contribution in [3.05, 3.63) is 41.6 Å². The molecule has 0 unspecified atom stereocenters. The Hall–Kier alpha value is -3.76. The van der Waals surface area contributed by atoms with E-state index in [2.05, 4.69) is 30.3 Å². The molecule has 1 fully saturated rings. The molecular formula is C23H30N8O3. The number of pyridine rings is 1. The molecule has 3 aromatic rings. The Kier molecular flexibility index (Phi) is 6.36. The van der Waals surface area contributed by atoms with Gasteiger partial charge in [0, 0.05) is 37.6 Å². The van der Waals surface area contributed by atoms with E-state index in [-0.39, 0.29) is 18.4 Å². The molecule has 1 N–H and O–H groups in total. The molecule has 0 radical (unpaired) electrons. The summed E-state index contributed by atoms with van der Waals surface area (Å²) in [5.74, 6) is 1.08. The smallest absolute Gasteiger partial charge is 0.410 e. The van der Waals surface area contributed by atoms with Crippen LogP contribution in [0.5, 0.6) is 0 Å². The average Bonchev–Trinajstić information content (AvgIpc) is 3.15. The number of fused-ring (bicyclic) bond motifs is 1. The Bertz CT molecular complexity index is 1190. The molecule has 0 bridgehead atoms. The highest BCUT2D eigenvalue weighted by molar-refractivity contribution is 5.91. The van der Waals surface area contributed by atoms with Crippen LogP contribution < -0.4 is 10.2 Å². The second-order valence-corrected chi connectivity index (χ2v) is 9.36. The van der Waals surface area contributed by atoms with Crippen molar-refractivity contribution >= 4 is 29.3 Å². The van der Waals surface area contributed by atoms with Gasteiger partial charge >= 0.3 is 6.09 Å². The highest BCUT2D eigenvalue weighted by Gasteiger charge is 2.26. The number of aryl methyl sites for hydroxylation is 2. The molecule has 11 nitrogen and oxygen atoms in total. The molecule has 11 heteroatoms. The van der Waals surface area contributed by atoms with E-state index in [1.165, 1.54) is 0 Å². The lowest BCUT2D eigenvalue weighted by molar-refractivity contribution is -0.115. The van der Waals surface area contributed by atoms with E-state index >= 15 is 0 Å². The van der Waals surface area contributed by atoms with Crippen LogP contribution in [0.3, 0.4) is 0 Å². The number of hydrogen-bond donors (Lipinski definition) is 1. The molecule has 0 aromatic carbocycles. The summed E-state index contributed by atoms with van der Waals surface area (Å²) in [5, 5.41) is 7.15. The maximum Gasteiger partial charge on any atom is 0.410 e. The summed E-state index contributed by atoms with van der Waals surface area (Å²) in [6.07, 6.45) is 1.46. The van der Waals surface area contributed by atoms with Gasteiger partial charge in [0.1, 0.15) is 11.4 Å². The summed E-state index contributed by atoms with van der Waals surface area (Å²) in [6.45, 7) is 11.9. The third-order valence-electron chi connectivity index (χ3n) is 5.29. The Morgan fingerprint density at radius 3 is 2.47 bits per heavy atom. The van der Waals surface area contributed by atoms with Crippen LogP contribution in [0.2, 0.25) is 0 Å². The second-order valence-electron chi connectivity index (χ2n) is 9.36. The maximum absolute atomic E-state index is 12.5. The van der Waals surface area contributed by atoms with Crippen LogP contribution in [0, 0.1) is 13.8 Å². The second kappa shape index (κ2) is 9.24. The number of hydrogen-bond acceptors (Lipinski definition) is 8. The molecule has 1 aliphatic rings. The fourth-order valence-electron chi connectivity index (χ4n) is 3.73. The standard InChI is InChI=1S/C23H30N8O3/c1-15-12-16(2)31-21(25-15)27-19(28-31)13-20(32)26-18-7-6-17(14-24-18)29-8-10-30(11-9-29)22(33)34-23(3,4)5/h6-7,12,14H,8-11,13H2,1-5H3,(H,24,26,32). The summed E-state index contributed by atoms with van der Waals surface area (Å²) in [4.78, 5) is 41.6. The van der Waals surface area contributed by atoms with Crippen LogP contribution >= 0.6 is 0 Å². The van der Waals surface area contributed by atoms with E-state index in [4.69, 9.17) is 4.74 Å². The fourth-order valence-corrected chi connectivity index (χ4v) is 3.73. The Balaban J connectivity index is 1.30. The van der Waals surface area contributed by atoms with Gasteiger partial charge in [-0.2, -0.15) is 4.98 Å². The topological polar surface area (TPSA) is 118 Å². The van der Waals surface area contributed by atoms with Crippen LogP contribution in [0.25, 0.3) is 5.78 Å². The zero-order chi connectivity index (χ0) is 24.5. The number of piperazine rings is 1. The van der Waals surface area contributed by atoms with E-state index in [0.717, 1.165) is 17.1 Å². The number of carbonyl (C=O) groups excluding carboxylic acids is 2. The molecular weight excluding hydrogens is 436 g/mol. The van der Waals surface area contributed by atoms with Crippen LogP contribution in [0.1, 0.15) is 38.0 Å². The van der Waals surface area contributed by atoms with Crippen molar-refractivity contribution in [1.29, 1.82) is 0 Å². The van der Waals surface area contributed by atoms with Gasteiger partial charge in [-0.15, -0.1) is 5.10 Å². The molecule has 1 aliphatic heterocycles. The quantitative estimate of drug-likeness (QED) is 0.623. The van der Waals surface area contributed by atoms with Gasteiger partial charge in [-0.25, -0.2) is 19.3 Å². The van der Waals surface area contributed by atoms with Crippen LogP contribution in [-0.2, 0) is 16.0 Å². The molecule has 0 aliphatic carbocycles. The highest BCUT2D eigenvalue weighted by Crippen LogP contribution is 2.19. The molecule has 34 heavy (non-hydrogen) atoms. The van der Waals surface area contributed by atoms with E-state index in [1.54, 1.807) is 21.7 Å². The van der Waals surface area contributed by atoms with Crippen molar-refractivity contribution in [2.75, 3.05) is 36.4 Å². The zero-order valence-corrected chi connectivity index (χ0v) is 20.2. The molecule has 4 heterocycles. The largest absolute Gasteiger partial charge is 0.444 e. The lowest BCUT2D eigenvalue weighted by Crippen LogP contribution is -2.50. The van der Waals surface area contributed by atoms with Crippen molar-refractivity contribution in [3.8, 4) is 0 Å². The van der Waals surface area contributed by atoms with Crippen molar-refractivity contribution in [2.45, 2.75) is 46.6 Å². The Labute approximate surface area is 198 Å². The maximum atomic E-state index is 12.5. The summed E-state index contributed by atoms with van der Waals surface area (Å²) in [6, 6.07) is 5.58. The monoisotopic (exact) mass is 466 g/mol. The fraction of sp³-hybridized carbons (Fsp3) is 0.478. The number of anilines is 2. The third-order valence-corrected chi connectivity index (χ3v) is 5.29. The van der Waals surface area contributed by atoms with Gasteiger partial charge in [-0.05, 0) is 52.8 Å². The summed E-state index contributed by atoms with van der Waals surface area (Å²) in [7, 11) is 0. The minimum Gasteiger partial charge on any atom is -0.444 e. The van der Waals surface area contributed by atoms with Crippen molar-refractivity contribution < 1.29 is 14.3 Å². The summed E-state index contributed by atoms with van der Waals surface area (Å²) < 4.78 is 7.07. The van der Waals surface area contributed by atoms with Crippen molar-refractivity contribution in [2.24, 2.45) is 0 Å². The number of amides is 2. The van der Waals surface area contributed by atoms with Crippen LogP contribution in [-0.4, -0.2) is 73.2 Å². The minimum absolute atomic E-state index is 0.0257. The molecule has 3 aromatic heterocycles. The lowest BCUT2D eigenvalue weighted by Gasteiger charge is -2.36. The summed E-state index contributed by atoms with van der Waals surface area (Å²) in [5.41, 5.74) is 2.18. The van der Waals surface area contributed by atoms with Gasteiger partial charge in [-0.3, -0.25) is 4.79 Å². The third kappa shape index (κ3) is 5.59. The molecule has 0 saturated carbocycles. The molecule has 4 rings (SSSR count). The molecule has 180 valence electrons. The van der Waals surface area contributed by atoms with Gasteiger partial charge in [0.2, 0.25) is 5.91 Å². The normalized spacial score (nSPS) is 14.4. The predicted octanol–water partition coefficient (Wildman–Crippen LogP) is 2.37. The number of nitrogens with one attached hydrogen (secondary N) is 1. The van der Waals surface area contributed by atoms with Crippen molar-refractivity contribution in [3.63, 3.8) is 0 Å². The number of nitrogens with zero attached hydrogens (tertiary/aromatic N) is 7. The molecule has 0 atom stereocenters. The number of rotatable bonds is 4.